The highest BCUT2D eigenvalue weighted by Gasteiger charge is 2.17. The van der Waals surface area contributed by atoms with Gasteiger partial charge in [-0.2, -0.15) is 0 Å². The molecular formula is C21H20N2O5S. The molecule has 0 fully saturated rings. The standard InChI is InChI=1S/C21H20N2O5S/c1-13-4-6-14(7-5-13)17-12-29-21(22-17)23-19(24)11-28-20(25)16-9-8-15(26-2)10-18(16)27-3/h4-10,12H,11H2,1-3H3,(H,22,23,24). The number of carbonyl (C=O) groups is 2. The van der Waals surface area contributed by atoms with Crippen molar-refractivity contribution in [3.63, 3.8) is 0 Å². The number of methoxy groups -OCH3 is 2. The number of anilines is 1. The normalized spacial score (nSPS) is 10.3. The fourth-order valence-electron chi connectivity index (χ4n) is 2.52. The molecule has 0 unspecified atom stereocenters. The minimum atomic E-state index is -0.667. The fraction of sp³-hybridized carbons (Fsp3) is 0.190. The van der Waals surface area contributed by atoms with E-state index in [0.717, 1.165) is 16.8 Å². The number of rotatable bonds is 7. The van der Waals surface area contributed by atoms with E-state index in [9.17, 15) is 9.59 Å². The lowest BCUT2D eigenvalue weighted by molar-refractivity contribution is -0.119. The first-order valence-electron chi connectivity index (χ1n) is 8.71. The van der Waals surface area contributed by atoms with Crippen LogP contribution in [0.15, 0.2) is 47.8 Å². The van der Waals surface area contributed by atoms with E-state index in [1.165, 1.54) is 31.6 Å². The van der Waals surface area contributed by atoms with Crippen molar-refractivity contribution in [2.75, 3.05) is 26.1 Å². The second-order valence-corrected chi connectivity index (χ2v) is 6.95. The molecule has 7 nitrogen and oxygen atoms in total. The lowest BCUT2D eigenvalue weighted by Gasteiger charge is -2.10. The summed E-state index contributed by atoms with van der Waals surface area (Å²) < 4.78 is 15.4. The third-order valence-electron chi connectivity index (χ3n) is 4.06. The molecule has 0 bridgehead atoms. The van der Waals surface area contributed by atoms with Gasteiger partial charge in [-0.1, -0.05) is 29.8 Å². The maximum Gasteiger partial charge on any atom is 0.342 e. The molecule has 2 aromatic carbocycles. The molecule has 1 aromatic heterocycles. The molecule has 0 aliphatic rings. The number of aryl methyl sites for hydroxylation is 1. The minimum absolute atomic E-state index is 0.206. The van der Waals surface area contributed by atoms with Crippen LogP contribution in [0.25, 0.3) is 11.3 Å². The van der Waals surface area contributed by atoms with E-state index in [1.807, 2.05) is 36.6 Å². The number of thiazole rings is 1. The van der Waals surface area contributed by atoms with Crippen molar-refractivity contribution in [1.29, 1.82) is 0 Å². The molecular weight excluding hydrogens is 392 g/mol. The number of ether oxygens (including phenoxy) is 3. The highest BCUT2D eigenvalue weighted by Crippen LogP contribution is 2.26. The molecule has 0 radical (unpaired) electrons. The number of benzene rings is 2. The van der Waals surface area contributed by atoms with Crippen LogP contribution in [0.3, 0.4) is 0 Å². The summed E-state index contributed by atoms with van der Waals surface area (Å²) in [7, 11) is 2.95. The monoisotopic (exact) mass is 412 g/mol. The van der Waals surface area contributed by atoms with Gasteiger partial charge in [0.15, 0.2) is 11.7 Å². The van der Waals surface area contributed by atoms with Gasteiger partial charge in [0, 0.05) is 17.0 Å². The number of hydrogen-bond acceptors (Lipinski definition) is 7. The number of nitrogens with one attached hydrogen (secondary N) is 1. The molecule has 0 spiro atoms. The molecule has 1 N–H and O–H groups in total. The first-order valence-corrected chi connectivity index (χ1v) is 9.59. The van der Waals surface area contributed by atoms with Gasteiger partial charge in [-0.3, -0.25) is 10.1 Å². The first kappa shape index (κ1) is 20.3. The number of esters is 1. The third-order valence-corrected chi connectivity index (χ3v) is 4.82. The van der Waals surface area contributed by atoms with Crippen molar-refractivity contribution < 1.29 is 23.8 Å². The van der Waals surface area contributed by atoms with E-state index in [-0.39, 0.29) is 5.56 Å². The smallest absolute Gasteiger partial charge is 0.342 e. The Balaban J connectivity index is 1.58. The molecule has 1 heterocycles. The Morgan fingerprint density at radius 3 is 2.52 bits per heavy atom. The van der Waals surface area contributed by atoms with Crippen molar-refractivity contribution in [2.45, 2.75) is 6.92 Å². The van der Waals surface area contributed by atoms with Gasteiger partial charge >= 0.3 is 5.97 Å². The van der Waals surface area contributed by atoms with Gasteiger partial charge in [-0.05, 0) is 19.1 Å². The van der Waals surface area contributed by atoms with Crippen molar-refractivity contribution in [3.8, 4) is 22.8 Å². The first-order chi connectivity index (χ1) is 14.0. The fourth-order valence-corrected chi connectivity index (χ4v) is 3.26. The van der Waals surface area contributed by atoms with Crippen LogP contribution in [0.2, 0.25) is 0 Å². The number of carbonyl (C=O) groups excluding carboxylic acids is 2. The predicted molar refractivity (Wildman–Crippen MR) is 111 cm³/mol. The molecule has 1 amide bonds. The largest absolute Gasteiger partial charge is 0.497 e. The maximum absolute atomic E-state index is 12.3. The van der Waals surface area contributed by atoms with E-state index in [4.69, 9.17) is 14.2 Å². The second kappa shape index (κ2) is 9.20. The summed E-state index contributed by atoms with van der Waals surface area (Å²) >= 11 is 1.30. The van der Waals surface area contributed by atoms with Crippen LogP contribution in [0.5, 0.6) is 11.5 Å². The van der Waals surface area contributed by atoms with Crippen LogP contribution in [0, 0.1) is 6.92 Å². The van der Waals surface area contributed by atoms with Crippen molar-refractivity contribution in [3.05, 3.63) is 59.0 Å². The molecule has 0 aliphatic carbocycles. The van der Waals surface area contributed by atoms with Crippen LogP contribution in [0.1, 0.15) is 15.9 Å². The number of amides is 1. The van der Waals surface area contributed by atoms with E-state index in [1.54, 1.807) is 12.1 Å². The SMILES string of the molecule is COc1ccc(C(=O)OCC(=O)Nc2nc(-c3ccc(C)cc3)cs2)c(OC)c1. The van der Waals surface area contributed by atoms with Gasteiger partial charge in [0.2, 0.25) is 0 Å². The summed E-state index contributed by atoms with van der Waals surface area (Å²) in [5.74, 6) is -0.295. The van der Waals surface area contributed by atoms with Crippen molar-refractivity contribution >= 4 is 28.3 Å². The molecule has 8 heteroatoms. The van der Waals surface area contributed by atoms with Gasteiger partial charge in [-0.15, -0.1) is 11.3 Å². The van der Waals surface area contributed by atoms with Crippen LogP contribution in [0.4, 0.5) is 5.13 Å². The Morgan fingerprint density at radius 2 is 1.83 bits per heavy atom. The van der Waals surface area contributed by atoms with Crippen LogP contribution in [-0.2, 0) is 9.53 Å². The highest BCUT2D eigenvalue weighted by molar-refractivity contribution is 7.14. The summed E-state index contributed by atoms with van der Waals surface area (Å²) in [5.41, 5.74) is 3.10. The second-order valence-electron chi connectivity index (χ2n) is 6.09. The number of hydrogen-bond donors (Lipinski definition) is 1. The van der Waals surface area contributed by atoms with E-state index in [0.29, 0.717) is 16.6 Å². The lowest BCUT2D eigenvalue weighted by atomic mass is 10.1. The summed E-state index contributed by atoms with van der Waals surface area (Å²) in [5, 5.41) is 4.93. The van der Waals surface area contributed by atoms with Crippen LogP contribution in [-0.4, -0.2) is 37.7 Å². The van der Waals surface area contributed by atoms with Gasteiger partial charge in [0.1, 0.15) is 17.1 Å². The summed E-state index contributed by atoms with van der Waals surface area (Å²) in [6.45, 7) is 1.58. The highest BCUT2D eigenvalue weighted by atomic mass is 32.1. The number of nitrogens with zero attached hydrogens (tertiary/aromatic N) is 1. The summed E-state index contributed by atoms with van der Waals surface area (Å²) in [4.78, 5) is 28.8. The zero-order valence-electron chi connectivity index (χ0n) is 16.2. The van der Waals surface area contributed by atoms with E-state index >= 15 is 0 Å². The van der Waals surface area contributed by atoms with Gasteiger partial charge in [0.05, 0.1) is 19.9 Å². The van der Waals surface area contributed by atoms with Gasteiger partial charge in [0.25, 0.3) is 5.91 Å². The quantitative estimate of drug-likeness (QED) is 0.592. The molecule has 0 saturated carbocycles. The molecule has 3 rings (SSSR count). The topological polar surface area (TPSA) is 86.8 Å². The van der Waals surface area contributed by atoms with E-state index in [2.05, 4.69) is 10.3 Å². The molecule has 0 aliphatic heterocycles. The van der Waals surface area contributed by atoms with E-state index < -0.39 is 18.5 Å². The van der Waals surface area contributed by atoms with Crippen LogP contribution < -0.4 is 14.8 Å². The average molecular weight is 412 g/mol. The third kappa shape index (κ3) is 5.11. The Kier molecular flexibility index (Phi) is 6.46. The Hall–Kier alpha value is -3.39. The maximum atomic E-state index is 12.3. The Morgan fingerprint density at radius 1 is 1.07 bits per heavy atom. The molecule has 0 atom stereocenters. The number of aromatic nitrogens is 1. The zero-order chi connectivity index (χ0) is 20.8. The minimum Gasteiger partial charge on any atom is -0.497 e. The predicted octanol–water partition coefficient (Wildman–Crippen LogP) is 3.93. The molecule has 150 valence electrons. The molecule has 29 heavy (non-hydrogen) atoms. The Bertz CT molecular complexity index is 1010. The lowest BCUT2D eigenvalue weighted by Crippen LogP contribution is -2.21. The van der Waals surface area contributed by atoms with Crippen molar-refractivity contribution in [2.24, 2.45) is 0 Å². The molecule has 0 saturated heterocycles. The average Bonchev–Trinajstić information content (AvgIpc) is 3.20. The molecule has 3 aromatic rings. The zero-order valence-corrected chi connectivity index (χ0v) is 17.0. The Labute approximate surface area is 172 Å². The summed E-state index contributed by atoms with van der Waals surface area (Å²) in [6, 6.07) is 12.6. The van der Waals surface area contributed by atoms with Gasteiger partial charge < -0.3 is 14.2 Å². The summed E-state index contributed by atoms with van der Waals surface area (Å²) in [6.07, 6.45) is 0. The van der Waals surface area contributed by atoms with Crippen molar-refractivity contribution in [1.82, 2.24) is 4.98 Å². The van der Waals surface area contributed by atoms with Crippen LogP contribution >= 0.6 is 11.3 Å². The van der Waals surface area contributed by atoms with Gasteiger partial charge in [-0.25, -0.2) is 9.78 Å².